The highest BCUT2D eigenvalue weighted by Gasteiger charge is 2.22. The molecule has 0 bridgehead atoms. The van der Waals surface area contributed by atoms with Crippen molar-refractivity contribution in [3.05, 3.63) is 0 Å². The number of hydrogen-bond acceptors (Lipinski definition) is 1. The van der Waals surface area contributed by atoms with E-state index in [0.29, 0.717) is 0 Å². The summed E-state index contributed by atoms with van der Waals surface area (Å²) in [6, 6.07) is 0. The fraction of sp³-hybridized carbons (Fsp3) is 1.00. The third kappa shape index (κ3) is 1.65. The maximum atomic E-state index is 12.7. The Bertz CT molecular complexity index is 79.0. The molecule has 1 aliphatic rings. The van der Waals surface area contributed by atoms with Crippen LogP contribution in [0.25, 0.3) is 0 Å². The highest BCUT2D eigenvalue weighted by Crippen LogP contribution is 2.28. The predicted molar refractivity (Wildman–Crippen MR) is 35.9 cm³/mol. The van der Waals surface area contributed by atoms with E-state index in [1.54, 1.807) is 0 Å². The average Bonchev–Trinajstić information content (AvgIpc) is 2.37. The standard InChI is InChI=1S/C7H14FN/c8-7(5-9)6-3-1-2-4-6/h6-7H,1-5,9H2. The summed E-state index contributed by atoms with van der Waals surface area (Å²) in [5.74, 6) is 0.287. The van der Waals surface area contributed by atoms with E-state index in [1.807, 2.05) is 0 Å². The van der Waals surface area contributed by atoms with Gasteiger partial charge in [-0.05, 0) is 18.8 Å². The van der Waals surface area contributed by atoms with Crippen LogP contribution in [0.5, 0.6) is 0 Å². The number of nitrogens with two attached hydrogens (primary N) is 1. The van der Waals surface area contributed by atoms with Crippen molar-refractivity contribution in [1.29, 1.82) is 0 Å². The fourth-order valence-corrected chi connectivity index (χ4v) is 1.51. The van der Waals surface area contributed by atoms with E-state index in [9.17, 15) is 4.39 Å². The molecule has 0 aliphatic heterocycles. The lowest BCUT2D eigenvalue weighted by Gasteiger charge is -2.11. The van der Waals surface area contributed by atoms with E-state index in [2.05, 4.69) is 0 Å². The van der Waals surface area contributed by atoms with Crippen molar-refractivity contribution in [3.63, 3.8) is 0 Å². The molecular formula is C7H14FN. The van der Waals surface area contributed by atoms with Crippen molar-refractivity contribution < 1.29 is 4.39 Å². The zero-order valence-electron chi connectivity index (χ0n) is 5.65. The quantitative estimate of drug-likeness (QED) is 0.603. The highest BCUT2D eigenvalue weighted by molar-refractivity contribution is 4.74. The van der Waals surface area contributed by atoms with Crippen molar-refractivity contribution in [2.75, 3.05) is 6.54 Å². The van der Waals surface area contributed by atoms with Gasteiger partial charge in [-0.3, -0.25) is 0 Å². The van der Waals surface area contributed by atoms with Gasteiger partial charge in [0.15, 0.2) is 0 Å². The second kappa shape index (κ2) is 3.16. The molecule has 0 amide bonds. The van der Waals surface area contributed by atoms with Crippen molar-refractivity contribution in [3.8, 4) is 0 Å². The van der Waals surface area contributed by atoms with Crippen LogP contribution < -0.4 is 5.73 Å². The van der Waals surface area contributed by atoms with Gasteiger partial charge >= 0.3 is 0 Å². The zero-order valence-corrected chi connectivity index (χ0v) is 5.65. The lowest BCUT2D eigenvalue weighted by Crippen LogP contribution is -2.22. The summed E-state index contributed by atoms with van der Waals surface area (Å²) < 4.78 is 12.7. The van der Waals surface area contributed by atoms with Crippen LogP contribution in [-0.4, -0.2) is 12.7 Å². The molecule has 1 unspecified atom stereocenters. The van der Waals surface area contributed by atoms with E-state index < -0.39 is 6.17 Å². The van der Waals surface area contributed by atoms with Crippen LogP contribution in [0.1, 0.15) is 25.7 Å². The van der Waals surface area contributed by atoms with Crippen LogP contribution in [0.3, 0.4) is 0 Å². The van der Waals surface area contributed by atoms with Gasteiger partial charge in [-0.15, -0.1) is 0 Å². The molecule has 0 aromatic heterocycles. The average molecular weight is 131 g/mol. The monoisotopic (exact) mass is 131 g/mol. The number of rotatable bonds is 2. The van der Waals surface area contributed by atoms with Gasteiger partial charge in [-0.1, -0.05) is 12.8 Å². The van der Waals surface area contributed by atoms with E-state index in [-0.39, 0.29) is 12.5 Å². The molecule has 0 radical (unpaired) electrons. The topological polar surface area (TPSA) is 26.0 Å². The molecule has 1 nitrogen and oxygen atoms in total. The summed E-state index contributed by atoms with van der Waals surface area (Å²) in [5, 5.41) is 0. The van der Waals surface area contributed by atoms with Crippen LogP contribution in [0, 0.1) is 5.92 Å². The Morgan fingerprint density at radius 3 is 2.44 bits per heavy atom. The van der Waals surface area contributed by atoms with Crippen molar-refractivity contribution in [1.82, 2.24) is 0 Å². The van der Waals surface area contributed by atoms with Gasteiger partial charge in [0.25, 0.3) is 0 Å². The minimum atomic E-state index is -0.729. The largest absolute Gasteiger partial charge is 0.328 e. The molecule has 1 fully saturated rings. The Hall–Kier alpha value is -0.110. The molecule has 0 saturated heterocycles. The Labute approximate surface area is 55.4 Å². The van der Waals surface area contributed by atoms with Gasteiger partial charge in [0.2, 0.25) is 0 Å². The van der Waals surface area contributed by atoms with Crippen LogP contribution in [0.15, 0.2) is 0 Å². The van der Waals surface area contributed by atoms with E-state index in [4.69, 9.17) is 5.73 Å². The third-order valence-electron chi connectivity index (χ3n) is 2.14. The van der Waals surface area contributed by atoms with Crippen LogP contribution >= 0.6 is 0 Å². The summed E-state index contributed by atoms with van der Waals surface area (Å²) in [6.07, 6.45) is 3.78. The molecule has 1 rings (SSSR count). The number of alkyl halides is 1. The highest BCUT2D eigenvalue weighted by atomic mass is 19.1. The molecule has 1 atom stereocenters. The first-order chi connectivity index (χ1) is 4.34. The summed E-state index contributed by atoms with van der Waals surface area (Å²) in [7, 11) is 0. The zero-order chi connectivity index (χ0) is 6.69. The molecule has 0 aromatic carbocycles. The Kier molecular flexibility index (Phi) is 2.46. The summed E-state index contributed by atoms with van der Waals surface area (Å²) in [5.41, 5.74) is 5.18. The van der Waals surface area contributed by atoms with Gasteiger partial charge in [0, 0.05) is 6.54 Å². The van der Waals surface area contributed by atoms with E-state index >= 15 is 0 Å². The summed E-state index contributed by atoms with van der Waals surface area (Å²) >= 11 is 0. The van der Waals surface area contributed by atoms with E-state index in [0.717, 1.165) is 12.8 Å². The molecule has 54 valence electrons. The Morgan fingerprint density at radius 1 is 1.44 bits per heavy atom. The lowest BCUT2D eigenvalue weighted by molar-refractivity contribution is 0.238. The molecule has 1 aliphatic carbocycles. The maximum absolute atomic E-state index is 12.7. The first kappa shape index (κ1) is 7.00. The maximum Gasteiger partial charge on any atom is 0.115 e. The molecule has 0 heterocycles. The first-order valence-electron chi connectivity index (χ1n) is 3.68. The fourth-order valence-electron chi connectivity index (χ4n) is 1.51. The predicted octanol–water partition coefficient (Wildman–Crippen LogP) is 1.47. The Morgan fingerprint density at radius 2 is 2.00 bits per heavy atom. The molecule has 2 heteroatoms. The number of hydrogen-bond donors (Lipinski definition) is 1. The molecular weight excluding hydrogens is 117 g/mol. The SMILES string of the molecule is NCC(F)C1CCCC1. The minimum absolute atomic E-state index is 0.213. The molecule has 2 N–H and O–H groups in total. The van der Waals surface area contributed by atoms with E-state index in [1.165, 1.54) is 12.8 Å². The van der Waals surface area contributed by atoms with Gasteiger partial charge < -0.3 is 5.73 Å². The van der Waals surface area contributed by atoms with Gasteiger partial charge in [0.1, 0.15) is 6.17 Å². The Balaban J connectivity index is 2.24. The smallest absolute Gasteiger partial charge is 0.115 e. The normalized spacial score (nSPS) is 24.7. The summed E-state index contributed by atoms with van der Waals surface area (Å²) in [4.78, 5) is 0. The minimum Gasteiger partial charge on any atom is -0.328 e. The lowest BCUT2D eigenvalue weighted by atomic mass is 10.0. The van der Waals surface area contributed by atoms with Gasteiger partial charge in [0.05, 0.1) is 0 Å². The molecule has 0 aromatic rings. The molecule has 9 heavy (non-hydrogen) atoms. The second-order valence-corrected chi connectivity index (χ2v) is 2.80. The first-order valence-corrected chi connectivity index (χ1v) is 3.68. The van der Waals surface area contributed by atoms with Gasteiger partial charge in [-0.25, -0.2) is 4.39 Å². The molecule has 1 saturated carbocycles. The summed E-state index contributed by atoms with van der Waals surface area (Å²) in [6.45, 7) is 0.213. The van der Waals surface area contributed by atoms with Crippen LogP contribution in [0.2, 0.25) is 0 Å². The third-order valence-corrected chi connectivity index (χ3v) is 2.14. The van der Waals surface area contributed by atoms with Crippen molar-refractivity contribution in [2.24, 2.45) is 11.7 Å². The molecule has 0 spiro atoms. The van der Waals surface area contributed by atoms with Crippen LogP contribution in [0.4, 0.5) is 4.39 Å². The number of halogens is 1. The van der Waals surface area contributed by atoms with Crippen molar-refractivity contribution >= 4 is 0 Å². The van der Waals surface area contributed by atoms with Crippen molar-refractivity contribution in [2.45, 2.75) is 31.9 Å². The second-order valence-electron chi connectivity index (χ2n) is 2.80. The van der Waals surface area contributed by atoms with Gasteiger partial charge in [-0.2, -0.15) is 0 Å². The van der Waals surface area contributed by atoms with Crippen LogP contribution in [-0.2, 0) is 0 Å².